The van der Waals surface area contributed by atoms with Crippen LogP contribution in [0.5, 0.6) is 11.5 Å². The van der Waals surface area contributed by atoms with Gasteiger partial charge in [0.05, 0.1) is 18.1 Å². The van der Waals surface area contributed by atoms with E-state index in [1.165, 1.54) is 11.6 Å². The molecule has 5 aromatic rings. The highest BCUT2D eigenvalue weighted by Gasteiger charge is 2.17. The van der Waals surface area contributed by atoms with E-state index >= 15 is 0 Å². The average Bonchev–Trinajstić information content (AvgIpc) is 2.97. The zero-order chi connectivity index (χ0) is 27.0. The van der Waals surface area contributed by atoms with Gasteiger partial charge < -0.3 is 14.3 Å². The summed E-state index contributed by atoms with van der Waals surface area (Å²) in [6.07, 6.45) is 4.54. The third-order valence-electron chi connectivity index (χ3n) is 6.74. The summed E-state index contributed by atoms with van der Waals surface area (Å²) in [6, 6.07) is 32.9. The summed E-state index contributed by atoms with van der Waals surface area (Å²) in [5.41, 5.74) is 4.23. The second-order valence-corrected chi connectivity index (χ2v) is 9.49. The molecule has 1 N–H and O–H groups in total. The Labute approximate surface area is 228 Å². The highest BCUT2D eigenvalue weighted by atomic mass is 16.5. The lowest BCUT2D eigenvalue weighted by molar-refractivity contribution is 0.256. The van der Waals surface area contributed by atoms with Gasteiger partial charge in [-0.05, 0) is 53.5 Å². The van der Waals surface area contributed by atoms with Crippen molar-refractivity contribution in [2.45, 2.75) is 19.5 Å². The molecular formula is C34H31NO4. The first-order valence-corrected chi connectivity index (χ1v) is 13.0. The topological polar surface area (TPSA) is 62.9 Å². The molecule has 5 heteroatoms. The van der Waals surface area contributed by atoms with Gasteiger partial charge in [0, 0.05) is 25.7 Å². The van der Waals surface area contributed by atoms with Crippen LogP contribution in [0.3, 0.4) is 0 Å². The molecule has 0 radical (unpaired) electrons. The van der Waals surface area contributed by atoms with Crippen molar-refractivity contribution in [1.82, 2.24) is 4.90 Å². The Morgan fingerprint density at radius 1 is 0.821 bits per heavy atom. The maximum absolute atomic E-state index is 13.0. The predicted octanol–water partition coefficient (Wildman–Crippen LogP) is 6.92. The number of fused-ring (bicyclic) bond motifs is 1. The van der Waals surface area contributed by atoms with Crippen molar-refractivity contribution < 1.29 is 14.3 Å². The summed E-state index contributed by atoms with van der Waals surface area (Å²) in [7, 11) is 1.65. The molecule has 5 rings (SSSR count). The fourth-order valence-corrected chi connectivity index (χ4v) is 4.62. The lowest BCUT2D eigenvalue weighted by atomic mass is 10.1. The van der Waals surface area contributed by atoms with Crippen LogP contribution >= 0.6 is 0 Å². The van der Waals surface area contributed by atoms with Crippen LogP contribution in [0.1, 0.15) is 28.0 Å². The van der Waals surface area contributed by atoms with Crippen LogP contribution in [0.15, 0.2) is 112 Å². The van der Waals surface area contributed by atoms with Gasteiger partial charge in [-0.3, -0.25) is 9.69 Å². The van der Waals surface area contributed by atoms with Crippen LogP contribution in [0.4, 0.5) is 0 Å². The fourth-order valence-electron chi connectivity index (χ4n) is 4.62. The molecular weight excluding hydrogens is 486 g/mol. The summed E-state index contributed by atoms with van der Waals surface area (Å²) in [4.78, 5) is 15.3. The van der Waals surface area contributed by atoms with Gasteiger partial charge in [0.1, 0.15) is 22.8 Å². The molecule has 0 amide bonds. The number of rotatable bonds is 10. The molecule has 0 saturated carbocycles. The minimum absolute atomic E-state index is 0.106. The number of ether oxygens (including phenoxy) is 1. The molecule has 0 aliphatic heterocycles. The molecule has 39 heavy (non-hydrogen) atoms. The molecule has 0 aliphatic rings. The van der Waals surface area contributed by atoms with Crippen LogP contribution in [0.25, 0.3) is 23.1 Å². The largest absolute Gasteiger partial charge is 0.507 e. The first kappa shape index (κ1) is 26.0. The first-order valence-electron chi connectivity index (χ1n) is 13.0. The smallest absolute Gasteiger partial charge is 0.193 e. The van der Waals surface area contributed by atoms with E-state index in [0.717, 1.165) is 29.8 Å². The third kappa shape index (κ3) is 6.64. The molecule has 5 nitrogen and oxygen atoms in total. The second-order valence-electron chi connectivity index (χ2n) is 9.49. The molecule has 196 valence electrons. The van der Waals surface area contributed by atoms with Crippen molar-refractivity contribution in [3.63, 3.8) is 0 Å². The normalized spacial score (nSPS) is 11.4. The molecule has 0 bridgehead atoms. The Morgan fingerprint density at radius 2 is 1.54 bits per heavy atom. The van der Waals surface area contributed by atoms with Crippen molar-refractivity contribution in [3.8, 4) is 11.5 Å². The highest BCUT2D eigenvalue weighted by Crippen LogP contribution is 2.29. The second kappa shape index (κ2) is 12.3. The fraction of sp³-hybridized carbons (Fsp3) is 0.147. The van der Waals surface area contributed by atoms with Crippen molar-refractivity contribution in [2.75, 3.05) is 13.7 Å². The number of phenolic OH excluding ortho intramolecular Hbond substituents is 1. The highest BCUT2D eigenvalue weighted by molar-refractivity contribution is 5.83. The average molecular weight is 518 g/mol. The van der Waals surface area contributed by atoms with Crippen LogP contribution in [-0.2, 0) is 19.5 Å². The molecule has 1 aromatic heterocycles. The zero-order valence-corrected chi connectivity index (χ0v) is 21.9. The minimum atomic E-state index is -0.142. The van der Waals surface area contributed by atoms with E-state index in [1.807, 2.05) is 78.9 Å². The van der Waals surface area contributed by atoms with E-state index in [2.05, 4.69) is 17.0 Å². The summed E-state index contributed by atoms with van der Waals surface area (Å²) in [5.74, 6) is 1.35. The van der Waals surface area contributed by atoms with Gasteiger partial charge in [-0.15, -0.1) is 0 Å². The molecule has 0 fully saturated rings. The Hall–Kier alpha value is -4.61. The number of methoxy groups -OCH3 is 1. The Balaban J connectivity index is 1.48. The van der Waals surface area contributed by atoms with Gasteiger partial charge in [0.25, 0.3) is 0 Å². The van der Waals surface area contributed by atoms with Crippen LogP contribution in [-0.4, -0.2) is 23.7 Å². The molecule has 0 spiro atoms. The van der Waals surface area contributed by atoms with Gasteiger partial charge in [0.15, 0.2) is 5.43 Å². The van der Waals surface area contributed by atoms with E-state index in [4.69, 9.17) is 9.15 Å². The Kier molecular flexibility index (Phi) is 8.20. The lowest BCUT2D eigenvalue weighted by Gasteiger charge is -2.24. The number of benzene rings is 4. The van der Waals surface area contributed by atoms with E-state index in [1.54, 1.807) is 25.3 Å². The summed E-state index contributed by atoms with van der Waals surface area (Å²) < 4.78 is 11.5. The monoisotopic (exact) mass is 517 g/mol. The summed E-state index contributed by atoms with van der Waals surface area (Å²) in [6.45, 7) is 1.82. The van der Waals surface area contributed by atoms with Crippen molar-refractivity contribution in [1.29, 1.82) is 0 Å². The molecule has 0 atom stereocenters. The maximum atomic E-state index is 13.0. The first-order chi connectivity index (χ1) is 19.1. The quantitative estimate of drug-likeness (QED) is 0.218. The van der Waals surface area contributed by atoms with E-state index in [0.29, 0.717) is 35.4 Å². The van der Waals surface area contributed by atoms with Gasteiger partial charge in [-0.2, -0.15) is 0 Å². The predicted molar refractivity (Wildman–Crippen MR) is 157 cm³/mol. The molecule has 4 aromatic carbocycles. The van der Waals surface area contributed by atoms with E-state index in [-0.39, 0.29) is 11.2 Å². The van der Waals surface area contributed by atoms with Crippen molar-refractivity contribution in [2.24, 2.45) is 0 Å². The molecule has 0 saturated heterocycles. The zero-order valence-electron chi connectivity index (χ0n) is 21.9. The van der Waals surface area contributed by atoms with Gasteiger partial charge in [-0.25, -0.2) is 0 Å². The van der Waals surface area contributed by atoms with Gasteiger partial charge in [0.2, 0.25) is 0 Å². The van der Waals surface area contributed by atoms with E-state index < -0.39 is 0 Å². The van der Waals surface area contributed by atoms with Crippen LogP contribution in [0.2, 0.25) is 0 Å². The number of nitrogens with zero attached hydrogens (tertiary/aromatic N) is 1. The number of hydrogen-bond acceptors (Lipinski definition) is 5. The Morgan fingerprint density at radius 3 is 2.26 bits per heavy atom. The third-order valence-corrected chi connectivity index (χ3v) is 6.74. The van der Waals surface area contributed by atoms with E-state index in [9.17, 15) is 9.90 Å². The number of hydrogen-bond donors (Lipinski definition) is 1. The number of phenols is 1. The maximum Gasteiger partial charge on any atom is 0.193 e. The van der Waals surface area contributed by atoms with Crippen LogP contribution < -0.4 is 10.2 Å². The Bertz CT molecular complexity index is 1610. The van der Waals surface area contributed by atoms with Crippen molar-refractivity contribution >= 4 is 23.1 Å². The lowest BCUT2D eigenvalue weighted by Crippen LogP contribution is -2.25. The summed E-state index contributed by atoms with van der Waals surface area (Å²) in [5, 5.41) is 11.4. The molecule has 1 heterocycles. The minimum Gasteiger partial charge on any atom is -0.507 e. The van der Waals surface area contributed by atoms with Gasteiger partial charge >= 0.3 is 0 Å². The number of aromatic hydroxyl groups is 1. The molecule has 0 unspecified atom stereocenters. The SMILES string of the molecule is COc1ccc(CN(CCc2ccccc2)Cc2c(O)ccc3c(=O)cc(/C=C/c4ccccc4)oc23)cc1. The molecule has 0 aliphatic carbocycles. The van der Waals surface area contributed by atoms with Gasteiger partial charge in [-0.1, -0.05) is 78.9 Å². The van der Waals surface area contributed by atoms with Crippen LogP contribution in [0, 0.1) is 0 Å². The summed E-state index contributed by atoms with van der Waals surface area (Å²) >= 11 is 0. The standard InChI is InChI=1S/C34H31NO4/c1-38-28-15-13-27(14-16-28)23-35(21-20-26-10-6-3-7-11-26)24-31-32(36)19-18-30-33(37)22-29(39-34(30)31)17-12-25-8-4-2-5-9-25/h2-19,22,36H,20-21,23-24H2,1H3/b17-12+. The van der Waals surface area contributed by atoms with Crippen molar-refractivity contribution in [3.05, 3.63) is 141 Å².